The molecule has 6 nitrogen and oxygen atoms in total. The van der Waals surface area contributed by atoms with Crippen LogP contribution in [0.1, 0.15) is 25.6 Å². The van der Waals surface area contributed by atoms with E-state index in [1.807, 2.05) is 6.07 Å². The second-order valence-electron chi connectivity index (χ2n) is 5.07. The summed E-state index contributed by atoms with van der Waals surface area (Å²) >= 11 is 1.09. The minimum absolute atomic E-state index is 0.104. The lowest BCUT2D eigenvalue weighted by molar-refractivity contribution is 0.0968. The Bertz CT molecular complexity index is 973. The van der Waals surface area contributed by atoms with E-state index in [1.54, 1.807) is 31.2 Å². The van der Waals surface area contributed by atoms with Crippen LogP contribution in [0.4, 0.5) is 0 Å². The van der Waals surface area contributed by atoms with Gasteiger partial charge in [-0.15, -0.1) is 11.3 Å². The van der Waals surface area contributed by atoms with Gasteiger partial charge in [-0.1, -0.05) is 30.3 Å². The number of ketones is 1. The van der Waals surface area contributed by atoms with Gasteiger partial charge in [0.15, 0.2) is 5.78 Å². The van der Waals surface area contributed by atoms with E-state index in [0.717, 1.165) is 11.3 Å². The number of aromatic nitrogens is 2. The first-order chi connectivity index (χ1) is 11.0. The van der Waals surface area contributed by atoms with Crippen LogP contribution in [0.25, 0.3) is 10.2 Å². The van der Waals surface area contributed by atoms with E-state index < -0.39 is 5.91 Å². The lowest BCUT2D eigenvalue weighted by atomic mass is 10.1. The fourth-order valence-corrected chi connectivity index (χ4v) is 3.37. The van der Waals surface area contributed by atoms with Gasteiger partial charge in [0.2, 0.25) is 0 Å². The van der Waals surface area contributed by atoms with Crippen LogP contribution in [0.15, 0.2) is 41.5 Å². The van der Waals surface area contributed by atoms with Crippen molar-refractivity contribution in [1.29, 1.82) is 0 Å². The molecule has 23 heavy (non-hydrogen) atoms. The predicted octanol–water partition coefficient (Wildman–Crippen LogP) is 1.75. The number of rotatable bonds is 4. The number of primary amides is 1. The third-order valence-corrected chi connectivity index (χ3v) is 4.77. The SMILES string of the molecule is Cc1c(C(N)=O)sc2ncn(CC(=O)c3ccccc3)c(=O)c12. The highest BCUT2D eigenvalue weighted by Crippen LogP contribution is 2.26. The van der Waals surface area contributed by atoms with Gasteiger partial charge in [0.05, 0.1) is 23.1 Å². The third kappa shape index (κ3) is 2.66. The standard InChI is InChI=1S/C16H13N3O3S/c1-9-12-15(23-13(9)14(17)21)18-8-19(16(12)22)7-11(20)10-5-3-2-4-6-10/h2-6,8H,7H2,1H3,(H2,17,21). The molecule has 2 heterocycles. The zero-order valence-electron chi connectivity index (χ0n) is 12.3. The largest absolute Gasteiger partial charge is 0.365 e. The fourth-order valence-electron chi connectivity index (χ4n) is 2.38. The third-order valence-electron chi connectivity index (χ3n) is 3.55. The molecule has 7 heteroatoms. The van der Waals surface area contributed by atoms with Gasteiger partial charge >= 0.3 is 0 Å². The molecule has 0 radical (unpaired) electrons. The number of benzene rings is 1. The Hall–Kier alpha value is -2.80. The molecular formula is C16H13N3O3S. The Morgan fingerprint density at radius 3 is 2.61 bits per heavy atom. The van der Waals surface area contributed by atoms with Crippen LogP contribution in [0.5, 0.6) is 0 Å². The maximum atomic E-state index is 12.6. The normalized spacial score (nSPS) is 10.8. The summed E-state index contributed by atoms with van der Waals surface area (Å²) in [5.74, 6) is -0.770. The van der Waals surface area contributed by atoms with Crippen molar-refractivity contribution < 1.29 is 9.59 Å². The van der Waals surface area contributed by atoms with Crippen LogP contribution in [0.2, 0.25) is 0 Å². The van der Waals surface area contributed by atoms with E-state index in [1.165, 1.54) is 10.9 Å². The molecule has 3 rings (SSSR count). The summed E-state index contributed by atoms with van der Waals surface area (Å²) in [7, 11) is 0. The maximum absolute atomic E-state index is 12.6. The van der Waals surface area contributed by atoms with Crippen LogP contribution in [-0.2, 0) is 6.54 Å². The van der Waals surface area contributed by atoms with Crippen molar-refractivity contribution in [1.82, 2.24) is 9.55 Å². The number of aryl methyl sites for hydroxylation is 1. The molecule has 0 atom stereocenters. The van der Waals surface area contributed by atoms with E-state index in [9.17, 15) is 14.4 Å². The van der Waals surface area contributed by atoms with Gasteiger partial charge in [0.25, 0.3) is 11.5 Å². The van der Waals surface area contributed by atoms with Gasteiger partial charge in [0.1, 0.15) is 4.83 Å². The van der Waals surface area contributed by atoms with Crippen molar-refractivity contribution in [2.45, 2.75) is 13.5 Å². The smallest absolute Gasteiger partial charge is 0.262 e. The average molecular weight is 327 g/mol. The molecule has 0 aliphatic heterocycles. The fraction of sp³-hybridized carbons (Fsp3) is 0.125. The summed E-state index contributed by atoms with van der Waals surface area (Å²) in [6, 6.07) is 8.73. The number of fused-ring (bicyclic) bond motifs is 1. The van der Waals surface area contributed by atoms with Crippen LogP contribution in [-0.4, -0.2) is 21.2 Å². The Morgan fingerprint density at radius 2 is 1.96 bits per heavy atom. The summed E-state index contributed by atoms with van der Waals surface area (Å²) in [5.41, 5.74) is 6.00. The molecule has 0 spiro atoms. The zero-order valence-corrected chi connectivity index (χ0v) is 13.1. The first kappa shape index (κ1) is 15.1. The highest BCUT2D eigenvalue weighted by molar-refractivity contribution is 7.20. The van der Waals surface area contributed by atoms with Crippen LogP contribution >= 0.6 is 11.3 Å². The number of carbonyl (C=O) groups excluding carboxylic acids is 2. The van der Waals surface area contributed by atoms with Crippen LogP contribution < -0.4 is 11.3 Å². The molecule has 0 saturated carbocycles. The first-order valence-corrected chi connectivity index (χ1v) is 7.67. The molecule has 3 aromatic rings. The molecule has 116 valence electrons. The van der Waals surface area contributed by atoms with E-state index in [-0.39, 0.29) is 17.9 Å². The Labute approximate surface area is 135 Å². The molecule has 0 bridgehead atoms. The van der Waals surface area contributed by atoms with Gasteiger partial charge in [-0.25, -0.2) is 4.98 Å². The minimum Gasteiger partial charge on any atom is -0.365 e. The molecule has 2 N–H and O–H groups in total. The van der Waals surface area contributed by atoms with Crippen LogP contribution in [0.3, 0.4) is 0 Å². The van der Waals surface area contributed by atoms with Crippen molar-refractivity contribution in [2.24, 2.45) is 5.73 Å². The number of amides is 1. The van der Waals surface area contributed by atoms with Gasteiger partial charge in [-0.05, 0) is 12.5 Å². The second kappa shape index (κ2) is 5.77. The maximum Gasteiger partial charge on any atom is 0.262 e. The average Bonchev–Trinajstić information content (AvgIpc) is 2.89. The zero-order chi connectivity index (χ0) is 16.6. The van der Waals surface area contributed by atoms with Gasteiger partial charge < -0.3 is 5.73 Å². The second-order valence-corrected chi connectivity index (χ2v) is 6.07. The number of thiophene rings is 1. The molecule has 2 aromatic heterocycles. The van der Waals surface area contributed by atoms with Gasteiger partial charge in [-0.2, -0.15) is 0 Å². The number of nitrogens with two attached hydrogens (primary N) is 1. The van der Waals surface area contributed by atoms with E-state index in [4.69, 9.17) is 5.73 Å². The van der Waals surface area contributed by atoms with E-state index in [0.29, 0.717) is 26.2 Å². The monoisotopic (exact) mass is 327 g/mol. The summed E-state index contributed by atoms with van der Waals surface area (Å²) in [4.78, 5) is 41.2. The summed E-state index contributed by atoms with van der Waals surface area (Å²) < 4.78 is 1.25. The molecule has 0 unspecified atom stereocenters. The summed E-state index contributed by atoms with van der Waals surface area (Å²) in [6.45, 7) is 1.55. The number of hydrogen-bond donors (Lipinski definition) is 1. The number of nitrogens with zero attached hydrogens (tertiary/aromatic N) is 2. The first-order valence-electron chi connectivity index (χ1n) is 6.85. The van der Waals surface area contributed by atoms with Gasteiger partial charge in [-0.3, -0.25) is 19.0 Å². The van der Waals surface area contributed by atoms with Crippen molar-refractivity contribution in [3.05, 3.63) is 63.0 Å². The number of carbonyl (C=O) groups is 2. The summed E-state index contributed by atoms with van der Waals surface area (Å²) in [5, 5.41) is 0.340. The topological polar surface area (TPSA) is 95.1 Å². The molecular weight excluding hydrogens is 314 g/mol. The Balaban J connectivity index is 2.05. The molecule has 0 fully saturated rings. The van der Waals surface area contributed by atoms with Crippen molar-refractivity contribution in [2.75, 3.05) is 0 Å². The van der Waals surface area contributed by atoms with Crippen LogP contribution in [0, 0.1) is 6.92 Å². The number of Topliss-reactive ketones (excluding diaryl/α,β-unsaturated/α-hetero) is 1. The van der Waals surface area contributed by atoms with Gasteiger partial charge in [0, 0.05) is 5.56 Å². The van der Waals surface area contributed by atoms with E-state index in [2.05, 4.69) is 4.98 Å². The molecule has 0 aliphatic rings. The lowest BCUT2D eigenvalue weighted by Crippen LogP contribution is -2.24. The lowest BCUT2D eigenvalue weighted by Gasteiger charge is -2.05. The van der Waals surface area contributed by atoms with Crippen molar-refractivity contribution in [3.63, 3.8) is 0 Å². The predicted molar refractivity (Wildman–Crippen MR) is 87.9 cm³/mol. The quantitative estimate of drug-likeness (QED) is 0.738. The number of hydrogen-bond acceptors (Lipinski definition) is 5. The molecule has 1 aromatic carbocycles. The van der Waals surface area contributed by atoms with Crippen molar-refractivity contribution in [3.8, 4) is 0 Å². The minimum atomic E-state index is -0.586. The Kier molecular flexibility index (Phi) is 3.79. The molecule has 1 amide bonds. The summed E-state index contributed by atoms with van der Waals surface area (Å²) in [6.07, 6.45) is 1.33. The van der Waals surface area contributed by atoms with Crippen molar-refractivity contribution >= 4 is 33.2 Å². The van der Waals surface area contributed by atoms with E-state index >= 15 is 0 Å². The highest BCUT2D eigenvalue weighted by atomic mass is 32.1. The Morgan fingerprint density at radius 1 is 1.26 bits per heavy atom. The molecule has 0 aliphatic carbocycles. The molecule has 0 saturated heterocycles. The highest BCUT2D eigenvalue weighted by Gasteiger charge is 2.18.